The summed E-state index contributed by atoms with van der Waals surface area (Å²) in [6.45, 7) is 6.46. The van der Waals surface area contributed by atoms with Crippen LogP contribution in [0.25, 0.3) is 16.6 Å². The molecule has 0 aliphatic carbocycles. The predicted molar refractivity (Wildman–Crippen MR) is 152 cm³/mol. The Kier molecular flexibility index (Phi) is 8.28. The minimum absolute atomic E-state index is 0.208. The Bertz CT molecular complexity index is 1470. The quantitative estimate of drug-likeness (QED) is 0.254. The summed E-state index contributed by atoms with van der Waals surface area (Å²) >= 11 is 3.43. The van der Waals surface area contributed by atoms with Crippen molar-refractivity contribution in [2.45, 2.75) is 39.7 Å². The Labute approximate surface area is 225 Å². The molecule has 0 saturated heterocycles. The monoisotopic (exact) mass is 562 g/mol. The van der Waals surface area contributed by atoms with Gasteiger partial charge in [-0.05, 0) is 74.4 Å². The Morgan fingerprint density at radius 2 is 1.86 bits per heavy atom. The van der Waals surface area contributed by atoms with Crippen LogP contribution in [0.5, 0.6) is 5.75 Å². The van der Waals surface area contributed by atoms with Crippen molar-refractivity contribution in [3.8, 4) is 11.4 Å². The maximum Gasteiger partial charge on any atom is 0.322 e. The van der Waals surface area contributed by atoms with Crippen LogP contribution in [0.2, 0.25) is 0 Å². The third-order valence-corrected chi connectivity index (χ3v) is 6.86. The second kappa shape index (κ2) is 11.6. The highest BCUT2D eigenvalue weighted by Gasteiger charge is 2.27. The maximum atomic E-state index is 13.9. The number of carbonyl (C=O) groups is 1. The summed E-state index contributed by atoms with van der Waals surface area (Å²) < 4.78 is 8.15. The SMILES string of the molecule is CCCCN(C(=O)Nc1ccc(Br)cc1)C(C)c1nc2ccccc2c(=O)n1-c1cc(C)ccc1OC. The lowest BCUT2D eigenvalue weighted by molar-refractivity contribution is 0.188. The van der Waals surface area contributed by atoms with E-state index in [1.165, 1.54) is 0 Å². The number of ether oxygens (including phenoxy) is 1. The normalized spacial score (nSPS) is 11.8. The largest absolute Gasteiger partial charge is 0.495 e. The van der Waals surface area contributed by atoms with Gasteiger partial charge in [-0.2, -0.15) is 0 Å². The highest BCUT2D eigenvalue weighted by atomic mass is 79.9. The van der Waals surface area contributed by atoms with Gasteiger partial charge in [0.05, 0.1) is 29.7 Å². The number of fused-ring (bicyclic) bond motifs is 1. The molecule has 37 heavy (non-hydrogen) atoms. The van der Waals surface area contributed by atoms with Crippen molar-refractivity contribution >= 4 is 38.6 Å². The molecule has 1 N–H and O–H groups in total. The molecule has 0 aliphatic rings. The zero-order chi connectivity index (χ0) is 26.5. The number of nitrogens with one attached hydrogen (secondary N) is 1. The van der Waals surface area contributed by atoms with E-state index in [-0.39, 0.29) is 11.6 Å². The van der Waals surface area contributed by atoms with Crippen molar-refractivity contribution in [2.24, 2.45) is 0 Å². The number of halogens is 1. The number of para-hydroxylation sites is 1. The maximum absolute atomic E-state index is 13.9. The van der Waals surface area contributed by atoms with E-state index in [1.807, 2.05) is 74.5 Å². The lowest BCUT2D eigenvalue weighted by atomic mass is 10.1. The molecule has 1 aromatic heterocycles. The Morgan fingerprint density at radius 3 is 2.57 bits per heavy atom. The Hall–Kier alpha value is -3.65. The molecular formula is C29H31BrN4O3. The van der Waals surface area contributed by atoms with Gasteiger partial charge in [-0.15, -0.1) is 0 Å². The van der Waals surface area contributed by atoms with Gasteiger partial charge in [0.15, 0.2) is 0 Å². The predicted octanol–water partition coefficient (Wildman–Crippen LogP) is 6.86. The summed E-state index contributed by atoms with van der Waals surface area (Å²) in [5, 5.41) is 3.50. The van der Waals surface area contributed by atoms with Crippen LogP contribution in [-0.2, 0) is 0 Å². The number of urea groups is 1. The van der Waals surface area contributed by atoms with Gasteiger partial charge in [0, 0.05) is 16.7 Å². The van der Waals surface area contributed by atoms with Crippen LogP contribution in [0.4, 0.5) is 10.5 Å². The molecule has 1 unspecified atom stereocenters. The van der Waals surface area contributed by atoms with E-state index in [9.17, 15) is 9.59 Å². The summed E-state index contributed by atoms with van der Waals surface area (Å²) in [5.41, 5.74) is 2.63. The van der Waals surface area contributed by atoms with Gasteiger partial charge in [0.1, 0.15) is 11.6 Å². The van der Waals surface area contributed by atoms with Crippen LogP contribution in [0.15, 0.2) is 76.0 Å². The fraction of sp³-hybridized carbons (Fsp3) is 0.276. The first-order chi connectivity index (χ1) is 17.8. The molecule has 0 saturated carbocycles. The average molecular weight is 563 g/mol. The summed E-state index contributed by atoms with van der Waals surface area (Å²) in [4.78, 5) is 34.1. The van der Waals surface area contributed by atoms with E-state index >= 15 is 0 Å². The second-order valence-corrected chi connectivity index (χ2v) is 9.88. The van der Waals surface area contributed by atoms with Crippen molar-refractivity contribution in [2.75, 3.05) is 19.0 Å². The molecular weight excluding hydrogens is 532 g/mol. The number of nitrogens with zero attached hydrogens (tertiary/aromatic N) is 3. The lowest BCUT2D eigenvalue weighted by Crippen LogP contribution is -2.40. The summed E-state index contributed by atoms with van der Waals surface area (Å²) in [6.07, 6.45) is 1.72. The number of rotatable bonds is 8. The van der Waals surface area contributed by atoms with Gasteiger partial charge in [0.2, 0.25) is 0 Å². The molecule has 0 aliphatic heterocycles. The lowest BCUT2D eigenvalue weighted by Gasteiger charge is -2.31. The smallest absolute Gasteiger partial charge is 0.322 e. The van der Waals surface area contributed by atoms with Crippen LogP contribution in [0.3, 0.4) is 0 Å². The van der Waals surface area contributed by atoms with Gasteiger partial charge in [0.25, 0.3) is 5.56 Å². The molecule has 2 amide bonds. The highest BCUT2D eigenvalue weighted by Crippen LogP contribution is 2.29. The minimum Gasteiger partial charge on any atom is -0.495 e. The number of hydrogen-bond acceptors (Lipinski definition) is 4. The van der Waals surface area contributed by atoms with E-state index in [0.29, 0.717) is 40.4 Å². The van der Waals surface area contributed by atoms with E-state index in [1.54, 1.807) is 22.6 Å². The van der Waals surface area contributed by atoms with Crippen molar-refractivity contribution in [3.05, 3.63) is 92.9 Å². The number of carbonyl (C=O) groups excluding carboxylic acids is 1. The average Bonchev–Trinajstić information content (AvgIpc) is 2.90. The number of aryl methyl sites for hydroxylation is 1. The van der Waals surface area contributed by atoms with Gasteiger partial charge in [-0.3, -0.25) is 9.36 Å². The van der Waals surface area contributed by atoms with E-state index in [0.717, 1.165) is 22.9 Å². The molecule has 1 heterocycles. The standard InChI is InChI=1S/C29H31BrN4O3/c1-5-6-17-33(29(36)31-22-14-12-21(30)13-15-22)20(3)27-32-24-10-8-7-9-23(24)28(35)34(27)25-18-19(2)11-16-26(25)37-4/h7-16,18,20H,5-6,17H2,1-4H3,(H,31,36). The number of benzene rings is 3. The number of hydrogen-bond donors (Lipinski definition) is 1. The molecule has 4 aromatic rings. The topological polar surface area (TPSA) is 76.5 Å². The number of amides is 2. The molecule has 8 heteroatoms. The zero-order valence-corrected chi connectivity index (χ0v) is 23.1. The molecule has 192 valence electrons. The number of unbranched alkanes of at least 4 members (excludes halogenated alkanes) is 1. The summed E-state index contributed by atoms with van der Waals surface area (Å²) in [5.74, 6) is 1.02. The van der Waals surface area contributed by atoms with Crippen LogP contribution in [0.1, 0.15) is 44.1 Å². The van der Waals surface area contributed by atoms with E-state index in [4.69, 9.17) is 9.72 Å². The first-order valence-electron chi connectivity index (χ1n) is 12.3. The van der Waals surface area contributed by atoms with Crippen LogP contribution >= 0.6 is 15.9 Å². The third-order valence-electron chi connectivity index (χ3n) is 6.33. The van der Waals surface area contributed by atoms with E-state index < -0.39 is 6.04 Å². The fourth-order valence-electron chi connectivity index (χ4n) is 4.31. The van der Waals surface area contributed by atoms with Gasteiger partial charge in [-0.25, -0.2) is 9.78 Å². The zero-order valence-electron chi connectivity index (χ0n) is 21.5. The Morgan fingerprint density at radius 1 is 1.14 bits per heavy atom. The van der Waals surface area contributed by atoms with Gasteiger partial charge >= 0.3 is 6.03 Å². The van der Waals surface area contributed by atoms with E-state index in [2.05, 4.69) is 28.2 Å². The second-order valence-electron chi connectivity index (χ2n) is 8.96. The van der Waals surface area contributed by atoms with Crippen LogP contribution in [-0.4, -0.2) is 34.1 Å². The number of aromatic nitrogens is 2. The van der Waals surface area contributed by atoms with Gasteiger partial charge < -0.3 is 15.0 Å². The number of anilines is 1. The molecule has 1 atom stereocenters. The molecule has 4 rings (SSSR count). The molecule has 0 spiro atoms. The third kappa shape index (κ3) is 5.69. The summed E-state index contributed by atoms with van der Waals surface area (Å²) in [7, 11) is 1.58. The molecule has 0 radical (unpaired) electrons. The molecule has 3 aromatic carbocycles. The molecule has 0 bridgehead atoms. The van der Waals surface area contributed by atoms with Crippen molar-refractivity contribution in [1.29, 1.82) is 0 Å². The first kappa shape index (κ1) is 26.4. The van der Waals surface area contributed by atoms with Crippen molar-refractivity contribution in [3.63, 3.8) is 0 Å². The Balaban J connectivity index is 1.87. The fourth-order valence-corrected chi connectivity index (χ4v) is 4.57. The molecule has 0 fully saturated rings. The summed E-state index contributed by atoms with van der Waals surface area (Å²) in [6, 6.07) is 19.6. The number of methoxy groups -OCH3 is 1. The van der Waals surface area contributed by atoms with Crippen molar-refractivity contribution < 1.29 is 9.53 Å². The highest BCUT2D eigenvalue weighted by molar-refractivity contribution is 9.10. The van der Waals surface area contributed by atoms with Crippen LogP contribution < -0.4 is 15.6 Å². The molecule has 7 nitrogen and oxygen atoms in total. The van der Waals surface area contributed by atoms with Crippen LogP contribution in [0, 0.1) is 6.92 Å². The minimum atomic E-state index is -0.510. The van der Waals surface area contributed by atoms with Crippen molar-refractivity contribution in [1.82, 2.24) is 14.5 Å². The van der Waals surface area contributed by atoms with Gasteiger partial charge in [-0.1, -0.05) is 47.5 Å². The first-order valence-corrected chi connectivity index (χ1v) is 13.1.